The maximum absolute atomic E-state index is 10.7. The van der Waals surface area contributed by atoms with Crippen LogP contribution in [0.4, 0.5) is 5.13 Å². The molecule has 0 saturated heterocycles. The number of benzene rings is 1. The van der Waals surface area contributed by atoms with Gasteiger partial charge in [0.1, 0.15) is 4.88 Å². The molecule has 5 heteroatoms. The number of anilines is 1. The van der Waals surface area contributed by atoms with E-state index in [4.69, 9.17) is 5.11 Å². The summed E-state index contributed by atoms with van der Waals surface area (Å²) in [5, 5.41) is 12.6. The van der Waals surface area contributed by atoms with Crippen molar-refractivity contribution in [2.24, 2.45) is 0 Å². The molecule has 0 spiro atoms. The van der Waals surface area contributed by atoms with E-state index in [1.54, 1.807) is 0 Å². The van der Waals surface area contributed by atoms with Gasteiger partial charge >= 0.3 is 5.97 Å². The molecule has 0 aliphatic rings. The first-order chi connectivity index (χ1) is 9.06. The van der Waals surface area contributed by atoms with Gasteiger partial charge in [0.25, 0.3) is 0 Å². The molecule has 0 aliphatic heterocycles. The van der Waals surface area contributed by atoms with Crippen LogP contribution in [0.25, 0.3) is 0 Å². The van der Waals surface area contributed by atoms with Gasteiger partial charge < -0.3 is 10.4 Å². The number of carbonyl (C=O) groups is 1. The molecular formula is C14H16N2O2S. The van der Waals surface area contributed by atoms with Crippen molar-refractivity contribution in [3.63, 3.8) is 0 Å². The number of rotatable bonds is 5. The van der Waals surface area contributed by atoms with Crippen LogP contribution in [0.3, 0.4) is 0 Å². The molecule has 0 fully saturated rings. The molecule has 2 aromatic rings. The Hall–Kier alpha value is -1.88. The van der Waals surface area contributed by atoms with Crippen molar-refractivity contribution in [3.8, 4) is 0 Å². The van der Waals surface area contributed by atoms with Gasteiger partial charge in [0.05, 0.1) is 6.20 Å². The number of hydrogen-bond donors (Lipinski definition) is 2. The number of carboxylic acids is 1. The number of hydrogen-bond acceptors (Lipinski definition) is 4. The van der Waals surface area contributed by atoms with Gasteiger partial charge in [0, 0.05) is 6.54 Å². The van der Waals surface area contributed by atoms with Gasteiger partial charge in [-0.15, -0.1) is 0 Å². The molecule has 0 atom stereocenters. The highest BCUT2D eigenvalue weighted by molar-refractivity contribution is 7.17. The zero-order valence-corrected chi connectivity index (χ0v) is 11.7. The summed E-state index contributed by atoms with van der Waals surface area (Å²) < 4.78 is 0. The molecular weight excluding hydrogens is 260 g/mol. The van der Waals surface area contributed by atoms with E-state index in [1.807, 2.05) is 0 Å². The maximum Gasteiger partial charge on any atom is 0.347 e. The molecule has 4 nitrogen and oxygen atoms in total. The lowest BCUT2D eigenvalue weighted by Crippen LogP contribution is -1.99. The zero-order valence-electron chi connectivity index (χ0n) is 10.9. The summed E-state index contributed by atoms with van der Waals surface area (Å²) in [4.78, 5) is 15.0. The largest absolute Gasteiger partial charge is 0.477 e. The second-order valence-electron chi connectivity index (χ2n) is 4.58. The number of thiazole rings is 1. The van der Waals surface area contributed by atoms with Crippen LogP contribution in [0, 0.1) is 0 Å². The van der Waals surface area contributed by atoms with Gasteiger partial charge in [-0.1, -0.05) is 49.4 Å². The van der Waals surface area contributed by atoms with Crippen molar-refractivity contribution in [2.75, 3.05) is 5.32 Å². The van der Waals surface area contributed by atoms with Crippen LogP contribution < -0.4 is 5.32 Å². The predicted octanol–water partition coefficient (Wildman–Crippen LogP) is 3.58. The van der Waals surface area contributed by atoms with E-state index in [0.29, 0.717) is 17.6 Å². The quantitative estimate of drug-likeness (QED) is 0.876. The second kappa shape index (κ2) is 5.84. The van der Waals surface area contributed by atoms with Crippen molar-refractivity contribution in [1.29, 1.82) is 0 Å². The van der Waals surface area contributed by atoms with Crippen LogP contribution in [-0.4, -0.2) is 16.1 Å². The van der Waals surface area contributed by atoms with E-state index < -0.39 is 5.97 Å². The second-order valence-corrected chi connectivity index (χ2v) is 5.62. The molecule has 0 unspecified atom stereocenters. The highest BCUT2D eigenvalue weighted by Crippen LogP contribution is 2.19. The van der Waals surface area contributed by atoms with Crippen molar-refractivity contribution in [3.05, 3.63) is 46.5 Å². The van der Waals surface area contributed by atoms with E-state index in [-0.39, 0.29) is 4.88 Å². The summed E-state index contributed by atoms with van der Waals surface area (Å²) in [6.07, 6.45) is 1.37. The summed E-state index contributed by atoms with van der Waals surface area (Å²) in [5.74, 6) is -0.411. The molecule has 0 amide bonds. The van der Waals surface area contributed by atoms with E-state index >= 15 is 0 Å². The van der Waals surface area contributed by atoms with E-state index in [0.717, 1.165) is 16.9 Å². The summed E-state index contributed by atoms with van der Waals surface area (Å²) in [7, 11) is 0. The third-order valence-corrected chi connectivity index (χ3v) is 3.75. The lowest BCUT2D eigenvalue weighted by molar-refractivity contribution is 0.0702. The normalized spacial score (nSPS) is 10.7. The van der Waals surface area contributed by atoms with Crippen molar-refractivity contribution in [1.82, 2.24) is 4.98 Å². The number of nitrogens with one attached hydrogen (secondary N) is 1. The Labute approximate surface area is 116 Å². The summed E-state index contributed by atoms with van der Waals surface area (Å²) in [6, 6.07) is 8.39. The van der Waals surface area contributed by atoms with Gasteiger partial charge in [-0.2, -0.15) is 0 Å². The highest BCUT2D eigenvalue weighted by atomic mass is 32.1. The third-order valence-electron chi connectivity index (χ3n) is 2.81. The van der Waals surface area contributed by atoms with Crippen molar-refractivity contribution in [2.45, 2.75) is 26.3 Å². The fraction of sp³-hybridized carbons (Fsp3) is 0.286. The smallest absolute Gasteiger partial charge is 0.347 e. The first-order valence-electron chi connectivity index (χ1n) is 6.08. The van der Waals surface area contributed by atoms with E-state index in [1.165, 1.54) is 11.8 Å². The first-order valence-corrected chi connectivity index (χ1v) is 6.89. The number of aromatic carboxylic acids is 1. The Balaban J connectivity index is 1.96. The Morgan fingerprint density at radius 3 is 2.58 bits per heavy atom. The number of carboxylic acid groups (broad SMARTS) is 1. The average Bonchev–Trinajstić information content (AvgIpc) is 2.86. The molecule has 100 valence electrons. The minimum atomic E-state index is -0.938. The lowest BCUT2D eigenvalue weighted by atomic mass is 10.0. The predicted molar refractivity (Wildman–Crippen MR) is 76.9 cm³/mol. The summed E-state index contributed by atoms with van der Waals surface area (Å²) >= 11 is 1.15. The van der Waals surface area contributed by atoms with Crippen molar-refractivity contribution < 1.29 is 9.90 Å². The summed E-state index contributed by atoms with van der Waals surface area (Å²) in [5.41, 5.74) is 2.46. The Morgan fingerprint density at radius 1 is 1.37 bits per heavy atom. The molecule has 0 saturated carbocycles. The molecule has 2 rings (SSSR count). The topological polar surface area (TPSA) is 62.2 Å². The van der Waals surface area contributed by atoms with Crippen LogP contribution >= 0.6 is 11.3 Å². The minimum Gasteiger partial charge on any atom is -0.477 e. The zero-order chi connectivity index (χ0) is 13.8. The van der Waals surface area contributed by atoms with Crippen molar-refractivity contribution >= 4 is 22.4 Å². The number of nitrogens with zero attached hydrogens (tertiary/aromatic N) is 1. The van der Waals surface area contributed by atoms with Gasteiger partial charge in [-0.3, -0.25) is 0 Å². The molecule has 0 aliphatic carbocycles. The fourth-order valence-electron chi connectivity index (χ4n) is 1.65. The van der Waals surface area contributed by atoms with Crippen LogP contribution in [0.15, 0.2) is 30.5 Å². The third kappa shape index (κ3) is 3.54. The molecule has 1 heterocycles. The van der Waals surface area contributed by atoms with E-state index in [9.17, 15) is 4.79 Å². The van der Waals surface area contributed by atoms with Gasteiger partial charge in [0.15, 0.2) is 5.13 Å². The Morgan fingerprint density at radius 2 is 2.05 bits per heavy atom. The standard InChI is InChI=1S/C14H16N2O2S/c1-9(2)11-5-3-10(4-6-11)7-15-14-16-8-12(19-14)13(17)18/h3-6,8-9H,7H2,1-2H3,(H,15,16)(H,17,18). The minimum absolute atomic E-state index is 0.248. The van der Waals surface area contributed by atoms with Gasteiger partial charge in [0.2, 0.25) is 0 Å². The van der Waals surface area contributed by atoms with Crippen LogP contribution in [0.1, 0.15) is 40.6 Å². The van der Waals surface area contributed by atoms with Gasteiger partial charge in [-0.25, -0.2) is 9.78 Å². The molecule has 0 radical (unpaired) electrons. The first kappa shape index (κ1) is 13.5. The van der Waals surface area contributed by atoms with Crippen LogP contribution in [0.2, 0.25) is 0 Å². The molecule has 0 bridgehead atoms. The lowest BCUT2D eigenvalue weighted by Gasteiger charge is -2.07. The Kier molecular flexibility index (Phi) is 4.16. The molecule has 19 heavy (non-hydrogen) atoms. The van der Waals surface area contributed by atoms with E-state index in [2.05, 4.69) is 48.4 Å². The van der Waals surface area contributed by atoms with Crippen LogP contribution in [0.5, 0.6) is 0 Å². The molecule has 1 aromatic heterocycles. The molecule has 2 N–H and O–H groups in total. The summed E-state index contributed by atoms with van der Waals surface area (Å²) in [6.45, 7) is 4.97. The monoisotopic (exact) mass is 276 g/mol. The highest BCUT2D eigenvalue weighted by Gasteiger charge is 2.08. The average molecular weight is 276 g/mol. The van der Waals surface area contributed by atoms with Gasteiger partial charge in [-0.05, 0) is 17.0 Å². The van der Waals surface area contributed by atoms with Crippen LogP contribution in [-0.2, 0) is 6.54 Å². The number of aromatic nitrogens is 1. The Bertz CT molecular complexity index is 561. The molecule has 1 aromatic carbocycles. The maximum atomic E-state index is 10.7. The fourth-order valence-corrected chi connectivity index (χ4v) is 2.30. The SMILES string of the molecule is CC(C)c1ccc(CNc2ncc(C(=O)O)s2)cc1.